The molecule has 0 unspecified atom stereocenters. The van der Waals surface area contributed by atoms with E-state index in [0.29, 0.717) is 11.1 Å². The summed E-state index contributed by atoms with van der Waals surface area (Å²) in [5, 5.41) is 0. The van der Waals surface area contributed by atoms with Crippen LogP contribution in [0, 0.1) is 5.82 Å². The summed E-state index contributed by atoms with van der Waals surface area (Å²) in [7, 11) is 1.36. The fourth-order valence-electron chi connectivity index (χ4n) is 2.71. The number of hydrogen-bond acceptors (Lipinski definition) is 6. The first-order valence-corrected chi connectivity index (χ1v) is 7.99. The molecule has 0 saturated carbocycles. The summed E-state index contributed by atoms with van der Waals surface area (Å²) >= 11 is 0. The van der Waals surface area contributed by atoms with E-state index in [9.17, 15) is 18.8 Å². The molecule has 0 saturated heterocycles. The summed E-state index contributed by atoms with van der Waals surface area (Å²) in [6.45, 7) is 3.76. The van der Waals surface area contributed by atoms with Crippen LogP contribution in [-0.4, -0.2) is 39.8 Å². The van der Waals surface area contributed by atoms with E-state index in [-0.39, 0.29) is 42.3 Å². The maximum absolute atomic E-state index is 14.6. The molecular formula is C16H17FN4O5. The molecule has 2 heterocycles. The summed E-state index contributed by atoms with van der Waals surface area (Å²) in [5.74, 6) is -0.988. The van der Waals surface area contributed by atoms with Crippen LogP contribution >= 0.6 is 0 Å². The van der Waals surface area contributed by atoms with Gasteiger partial charge in [-0.3, -0.25) is 4.79 Å². The van der Waals surface area contributed by atoms with Crippen molar-refractivity contribution in [3.63, 3.8) is 0 Å². The topological polar surface area (TPSA) is 95.7 Å². The molecule has 3 rings (SSSR count). The zero-order chi connectivity index (χ0) is 19.0. The van der Waals surface area contributed by atoms with Gasteiger partial charge in [0.25, 0.3) is 5.91 Å². The molecule has 1 aliphatic rings. The fraction of sp³-hybridized carbons (Fsp3) is 0.375. The number of carbonyl (C=O) groups is 1. The van der Waals surface area contributed by atoms with Crippen molar-refractivity contribution in [2.45, 2.75) is 13.8 Å². The second-order valence-corrected chi connectivity index (χ2v) is 5.48. The van der Waals surface area contributed by atoms with Crippen LogP contribution in [-0.2, 0) is 11.8 Å². The third kappa shape index (κ3) is 2.72. The summed E-state index contributed by atoms with van der Waals surface area (Å²) in [5.41, 5.74) is -1.84. The van der Waals surface area contributed by atoms with E-state index in [1.807, 2.05) is 0 Å². The van der Waals surface area contributed by atoms with Gasteiger partial charge in [0.05, 0.1) is 18.0 Å². The van der Waals surface area contributed by atoms with Gasteiger partial charge in [0.1, 0.15) is 5.75 Å². The van der Waals surface area contributed by atoms with Crippen molar-refractivity contribution < 1.29 is 18.7 Å². The van der Waals surface area contributed by atoms with Gasteiger partial charge in [-0.2, -0.15) is 0 Å². The molecule has 10 heteroatoms. The molecule has 0 bridgehead atoms. The molecule has 0 spiro atoms. The van der Waals surface area contributed by atoms with E-state index in [0.717, 1.165) is 10.6 Å². The molecule has 138 valence electrons. The second kappa shape index (κ2) is 6.62. The lowest BCUT2D eigenvalue weighted by Gasteiger charge is -2.29. The summed E-state index contributed by atoms with van der Waals surface area (Å²) in [6.07, 6.45) is 0. The van der Waals surface area contributed by atoms with Crippen molar-refractivity contribution >= 4 is 11.6 Å². The molecular weight excluding hydrogens is 347 g/mol. The Labute approximate surface area is 147 Å². The molecule has 1 aromatic heterocycles. The Morgan fingerprint density at radius 3 is 2.62 bits per heavy atom. The average molecular weight is 364 g/mol. The van der Waals surface area contributed by atoms with Crippen LogP contribution in [0.15, 0.2) is 21.7 Å². The van der Waals surface area contributed by atoms with Gasteiger partial charge in [-0.1, -0.05) is 0 Å². The Morgan fingerprint density at radius 1 is 1.23 bits per heavy atom. The number of fused-ring (bicyclic) bond motifs is 1. The van der Waals surface area contributed by atoms with Crippen LogP contribution in [0.5, 0.6) is 11.8 Å². The van der Waals surface area contributed by atoms with E-state index < -0.39 is 17.2 Å². The lowest BCUT2D eigenvalue weighted by molar-refractivity contribution is -0.121. The SMILES string of the molecule is CCOc1nc(=O)n(-c2cc3c(cc2F)OCC(=O)N3CC)c(=O)n1C. The van der Waals surface area contributed by atoms with Crippen molar-refractivity contribution in [3.05, 3.63) is 38.9 Å². The first-order chi connectivity index (χ1) is 12.4. The maximum Gasteiger partial charge on any atom is 0.361 e. The largest absolute Gasteiger partial charge is 0.481 e. The van der Waals surface area contributed by atoms with E-state index in [1.165, 1.54) is 18.0 Å². The Bertz CT molecular complexity index is 997. The highest BCUT2D eigenvalue weighted by Gasteiger charge is 2.27. The lowest BCUT2D eigenvalue weighted by Crippen LogP contribution is -2.41. The third-order valence-electron chi connectivity index (χ3n) is 3.95. The normalized spacial score (nSPS) is 13.4. The first kappa shape index (κ1) is 17.6. The number of aromatic nitrogens is 3. The van der Waals surface area contributed by atoms with Gasteiger partial charge in [0, 0.05) is 19.7 Å². The van der Waals surface area contributed by atoms with E-state index in [1.54, 1.807) is 13.8 Å². The number of amides is 1. The third-order valence-corrected chi connectivity index (χ3v) is 3.95. The number of benzene rings is 1. The Hall–Kier alpha value is -3.17. The predicted octanol–water partition coefficient (Wildman–Crippen LogP) is 0.214. The van der Waals surface area contributed by atoms with Crippen molar-refractivity contribution in [2.75, 3.05) is 24.7 Å². The van der Waals surface area contributed by atoms with Gasteiger partial charge in [0.2, 0.25) is 0 Å². The summed E-state index contributed by atoms with van der Waals surface area (Å²) in [4.78, 5) is 41.9. The zero-order valence-corrected chi connectivity index (χ0v) is 14.5. The van der Waals surface area contributed by atoms with Gasteiger partial charge >= 0.3 is 17.4 Å². The van der Waals surface area contributed by atoms with Crippen molar-refractivity contribution in [1.29, 1.82) is 0 Å². The molecule has 1 aliphatic heterocycles. The molecule has 0 atom stereocenters. The minimum Gasteiger partial charge on any atom is -0.481 e. The monoisotopic (exact) mass is 364 g/mol. The van der Waals surface area contributed by atoms with Crippen molar-refractivity contribution in [3.8, 4) is 17.4 Å². The highest BCUT2D eigenvalue weighted by Crippen LogP contribution is 2.35. The number of nitrogens with zero attached hydrogens (tertiary/aromatic N) is 4. The predicted molar refractivity (Wildman–Crippen MR) is 89.7 cm³/mol. The second-order valence-electron chi connectivity index (χ2n) is 5.48. The maximum atomic E-state index is 14.6. The first-order valence-electron chi connectivity index (χ1n) is 7.99. The van der Waals surface area contributed by atoms with Gasteiger partial charge in [0.15, 0.2) is 12.4 Å². The molecule has 1 aromatic carbocycles. The number of ether oxygens (including phenoxy) is 2. The molecule has 0 N–H and O–H groups in total. The quantitative estimate of drug-likeness (QED) is 0.770. The number of likely N-dealkylation sites (N-methyl/N-ethyl adjacent to an activating group) is 1. The van der Waals surface area contributed by atoms with Crippen molar-refractivity contribution in [1.82, 2.24) is 14.1 Å². The molecule has 0 radical (unpaired) electrons. The van der Waals surface area contributed by atoms with Gasteiger partial charge < -0.3 is 14.4 Å². The minimum absolute atomic E-state index is 0.161. The average Bonchev–Trinajstić information content (AvgIpc) is 2.60. The van der Waals surface area contributed by atoms with Crippen LogP contribution in [0.2, 0.25) is 0 Å². The molecule has 0 fully saturated rings. The Balaban J connectivity index is 2.25. The smallest absolute Gasteiger partial charge is 0.361 e. The molecule has 0 aliphatic carbocycles. The fourth-order valence-corrected chi connectivity index (χ4v) is 2.71. The van der Waals surface area contributed by atoms with Crippen LogP contribution in [0.1, 0.15) is 13.8 Å². The molecule has 2 aromatic rings. The Morgan fingerprint density at radius 2 is 1.96 bits per heavy atom. The Kier molecular flexibility index (Phi) is 4.49. The molecule has 26 heavy (non-hydrogen) atoms. The number of halogens is 1. The van der Waals surface area contributed by atoms with Crippen molar-refractivity contribution in [2.24, 2.45) is 7.05 Å². The number of rotatable bonds is 4. The van der Waals surface area contributed by atoms with E-state index in [4.69, 9.17) is 9.47 Å². The van der Waals surface area contributed by atoms with Crippen LogP contribution < -0.4 is 25.8 Å². The van der Waals surface area contributed by atoms with E-state index in [2.05, 4.69) is 4.98 Å². The number of carbonyl (C=O) groups excluding carboxylic acids is 1. The number of anilines is 1. The lowest BCUT2D eigenvalue weighted by atomic mass is 10.2. The highest BCUT2D eigenvalue weighted by molar-refractivity contribution is 5.98. The standard InChI is InChI=1S/C16H17FN4O5/c1-4-20-11-7-10(9(17)6-12(11)26-8-13(20)22)21-14(23)18-15(25-5-2)19(3)16(21)24/h6-7H,4-5,8H2,1-3H3. The van der Waals surface area contributed by atoms with Gasteiger partial charge in [-0.05, 0) is 19.9 Å². The van der Waals surface area contributed by atoms with Gasteiger partial charge in [-0.15, -0.1) is 4.98 Å². The van der Waals surface area contributed by atoms with Crippen LogP contribution in [0.25, 0.3) is 5.69 Å². The molecule has 1 amide bonds. The minimum atomic E-state index is -0.985. The highest BCUT2D eigenvalue weighted by atomic mass is 19.1. The number of hydrogen-bond donors (Lipinski definition) is 0. The summed E-state index contributed by atoms with van der Waals surface area (Å²) < 4.78 is 26.5. The van der Waals surface area contributed by atoms with E-state index >= 15 is 0 Å². The zero-order valence-electron chi connectivity index (χ0n) is 14.5. The van der Waals surface area contributed by atoms with Crippen LogP contribution in [0.4, 0.5) is 10.1 Å². The van der Waals surface area contributed by atoms with Gasteiger partial charge in [-0.25, -0.2) is 23.1 Å². The summed E-state index contributed by atoms with van der Waals surface area (Å²) in [6, 6.07) is 2.11. The van der Waals surface area contributed by atoms with Crippen LogP contribution in [0.3, 0.4) is 0 Å². The molecule has 9 nitrogen and oxygen atoms in total.